The lowest BCUT2D eigenvalue weighted by Crippen LogP contribution is -2.50. The van der Waals surface area contributed by atoms with Crippen LogP contribution in [0.3, 0.4) is 0 Å². The smallest absolute Gasteiger partial charge is 0.234 e. The van der Waals surface area contributed by atoms with Crippen molar-refractivity contribution in [3.8, 4) is 0 Å². The van der Waals surface area contributed by atoms with Crippen LogP contribution in [0.25, 0.3) is 0 Å². The maximum absolute atomic E-state index is 11.8. The van der Waals surface area contributed by atoms with Crippen LogP contribution in [0.1, 0.15) is 39.5 Å². The lowest BCUT2D eigenvalue weighted by Gasteiger charge is -2.37. The number of carbonyl (C=O) groups is 1. The van der Waals surface area contributed by atoms with E-state index in [4.69, 9.17) is 0 Å². The summed E-state index contributed by atoms with van der Waals surface area (Å²) in [5.74, 6) is 1.61. The van der Waals surface area contributed by atoms with Gasteiger partial charge in [0.15, 0.2) is 0 Å². The molecular formula is C15H29N3O. The van der Waals surface area contributed by atoms with Gasteiger partial charge in [-0.05, 0) is 44.1 Å². The van der Waals surface area contributed by atoms with E-state index in [1.807, 2.05) is 0 Å². The molecule has 2 fully saturated rings. The maximum Gasteiger partial charge on any atom is 0.234 e. The number of likely N-dealkylation sites (tertiary alicyclic amines) is 1. The number of hydrogen-bond acceptors (Lipinski definition) is 3. The Kier molecular flexibility index (Phi) is 5.64. The highest BCUT2D eigenvalue weighted by molar-refractivity contribution is 5.78. The van der Waals surface area contributed by atoms with Gasteiger partial charge >= 0.3 is 0 Å². The molecule has 2 unspecified atom stereocenters. The van der Waals surface area contributed by atoms with Crippen LogP contribution < -0.4 is 10.6 Å². The summed E-state index contributed by atoms with van der Waals surface area (Å²) in [4.78, 5) is 14.1. The SMILES string of the molecule is CCCNC1CCN(CC(=O)NCC2CC2)CC1C. The fraction of sp³-hybridized carbons (Fsp3) is 0.933. The molecular weight excluding hydrogens is 238 g/mol. The second kappa shape index (κ2) is 7.25. The Balaban J connectivity index is 1.64. The molecule has 0 radical (unpaired) electrons. The first-order valence-corrected chi connectivity index (χ1v) is 7.91. The molecule has 1 heterocycles. The standard InChI is InChI=1S/C15H29N3O/c1-3-7-16-14-6-8-18(10-12(14)2)11-15(19)17-9-13-4-5-13/h12-14,16H,3-11H2,1-2H3,(H,17,19). The number of hydrogen-bond donors (Lipinski definition) is 2. The van der Waals surface area contributed by atoms with Crippen molar-refractivity contribution < 1.29 is 4.79 Å². The summed E-state index contributed by atoms with van der Waals surface area (Å²) >= 11 is 0. The minimum atomic E-state index is 0.207. The third-order valence-electron chi connectivity index (χ3n) is 4.30. The van der Waals surface area contributed by atoms with Gasteiger partial charge in [0.25, 0.3) is 0 Å². The third kappa shape index (κ3) is 5.11. The predicted molar refractivity (Wildman–Crippen MR) is 78.0 cm³/mol. The van der Waals surface area contributed by atoms with E-state index in [-0.39, 0.29) is 5.91 Å². The van der Waals surface area contributed by atoms with Crippen LogP contribution in [0.5, 0.6) is 0 Å². The Morgan fingerprint density at radius 1 is 1.32 bits per heavy atom. The Bertz CT molecular complexity index is 291. The molecule has 0 aromatic heterocycles. The number of carbonyl (C=O) groups excluding carboxylic acids is 1. The van der Waals surface area contributed by atoms with Crippen LogP contribution in [0, 0.1) is 11.8 Å². The highest BCUT2D eigenvalue weighted by Crippen LogP contribution is 2.27. The molecule has 1 aliphatic carbocycles. The molecule has 1 aliphatic heterocycles. The lowest BCUT2D eigenvalue weighted by atomic mass is 9.93. The first-order valence-electron chi connectivity index (χ1n) is 7.91. The molecule has 2 rings (SSSR count). The van der Waals surface area contributed by atoms with Crippen LogP contribution in [0.4, 0.5) is 0 Å². The zero-order chi connectivity index (χ0) is 13.7. The Hall–Kier alpha value is -0.610. The van der Waals surface area contributed by atoms with Gasteiger partial charge in [0.2, 0.25) is 5.91 Å². The van der Waals surface area contributed by atoms with Crippen LogP contribution >= 0.6 is 0 Å². The molecule has 0 aromatic rings. The highest BCUT2D eigenvalue weighted by Gasteiger charge is 2.27. The Morgan fingerprint density at radius 2 is 2.11 bits per heavy atom. The molecule has 4 nitrogen and oxygen atoms in total. The second-order valence-corrected chi connectivity index (χ2v) is 6.31. The number of amides is 1. The molecule has 0 spiro atoms. The van der Waals surface area contributed by atoms with Gasteiger partial charge in [0, 0.05) is 25.7 Å². The zero-order valence-corrected chi connectivity index (χ0v) is 12.5. The number of nitrogens with zero attached hydrogens (tertiary/aromatic N) is 1. The van der Waals surface area contributed by atoms with E-state index in [0.717, 1.165) is 38.5 Å². The van der Waals surface area contributed by atoms with E-state index in [2.05, 4.69) is 29.4 Å². The van der Waals surface area contributed by atoms with Gasteiger partial charge in [0.1, 0.15) is 0 Å². The van der Waals surface area contributed by atoms with E-state index in [9.17, 15) is 4.79 Å². The van der Waals surface area contributed by atoms with Crippen molar-refractivity contribution in [1.82, 2.24) is 15.5 Å². The van der Waals surface area contributed by atoms with Crippen molar-refractivity contribution in [2.75, 3.05) is 32.7 Å². The molecule has 1 saturated heterocycles. The fourth-order valence-electron chi connectivity index (χ4n) is 2.85. The van der Waals surface area contributed by atoms with E-state index < -0.39 is 0 Å². The first-order chi connectivity index (χ1) is 9.19. The first kappa shape index (κ1) is 14.8. The van der Waals surface area contributed by atoms with Gasteiger partial charge in [-0.3, -0.25) is 9.69 Å². The third-order valence-corrected chi connectivity index (χ3v) is 4.30. The average molecular weight is 267 g/mol. The van der Waals surface area contributed by atoms with Crippen molar-refractivity contribution in [3.05, 3.63) is 0 Å². The van der Waals surface area contributed by atoms with Gasteiger partial charge in [-0.25, -0.2) is 0 Å². The molecule has 1 saturated carbocycles. The van der Waals surface area contributed by atoms with E-state index in [1.165, 1.54) is 19.3 Å². The molecule has 110 valence electrons. The minimum absolute atomic E-state index is 0.207. The molecule has 2 aliphatic rings. The molecule has 0 bridgehead atoms. The highest BCUT2D eigenvalue weighted by atomic mass is 16.2. The molecule has 19 heavy (non-hydrogen) atoms. The molecule has 2 N–H and O–H groups in total. The van der Waals surface area contributed by atoms with Crippen LogP contribution in [0.15, 0.2) is 0 Å². The van der Waals surface area contributed by atoms with E-state index in [0.29, 0.717) is 18.5 Å². The number of nitrogens with one attached hydrogen (secondary N) is 2. The van der Waals surface area contributed by atoms with Gasteiger partial charge in [0.05, 0.1) is 6.54 Å². The Labute approximate surface area is 117 Å². The summed E-state index contributed by atoms with van der Waals surface area (Å²) in [5.41, 5.74) is 0. The van der Waals surface area contributed by atoms with Crippen LogP contribution in [-0.2, 0) is 4.79 Å². The summed E-state index contributed by atoms with van der Waals surface area (Å²) in [7, 11) is 0. The largest absolute Gasteiger partial charge is 0.355 e. The summed E-state index contributed by atoms with van der Waals surface area (Å²) in [6, 6.07) is 0.630. The van der Waals surface area contributed by atoms with Crippen molar-refractivity contribution in [1.29, 1.82) is 0 Å². The van der Waals surface area contributed by atoms with Gasteiger partial charge in [-0.1, -0.05) is 13.8 Å². The normalized spacial score (nSPS) is 28.3. The molecule has 4 heteroatoms. The lowest BCUT2D eigenvalue weighted by molar-refractivity contribution is -0.122. The summed E-state index contributed by atoms with van der Waals surface area (Å²) in [6.45, 7) is 9.16. The minimum Gasteiger partial charge on any atom is -0.355 e. The maximum atomic E-state index is 11.8. The Morgan fingerprint density at radius 3 is 2.74 bits per heavy atom. The van der Waals surface area contributed by atoms with Gasteiger partial charge in [-0.2, -0.15) is 0 Å². The van der Waals surface area contributed by atoms with Gasteiger partial charge in [-0.15, -0.1) is 0 Å². The predicted octanol–water partition coefficient (Wildman–Crippen LogP) is 1.22. The average Bonchev–Trinajstić information content (AvgIpc) is 3.19. The van der Waals surface area contributed by atoms with Gasteiger partial charge < -0.3 is 10.6 Å². The van der Waals surface area contributed by atoms with E-state index >= 15 is 0 Å². The van der Waals surface area contributed by atoms with Crippen molar-refractivity contribution in [3.63, 3.8) is 0 Å². The monoisotopic (exact) mass is 267 g/mol. The zero-order valence-electron chi connectivity index (χ0n) is 12.5. The summed E-state index contributed by atoms with van der Waals surface area (Å²) in [6.07, 6.45) is 4.95. The fourth-order valence-corrected chi connectivity index (χ4v) is 2.85. The summed E-state index contributed by atoms with van der Waals surface area (Å²) < 4.78 is 0. The quantitative estimate of drug-likeness (QED) is 0.729. The van der Waals surface area contributed by atoms with Crippen LogP contribution in [-0.4, -0.2) is 49.6 Å². The van der Waals surface area contributed by atoms with Crippen molar-refractivity contribution >= 4 is 5.91 Å². The second-order valence-electron chi connectivity index (χ2n) is 6.31. The van der Waals surface area contributed by atoms with Crippen LogP contribution in [0.2, 0.25) is 0 Å². The van der Waals surface area contributed by atoms with E-state index in [1.54, 1.807) is 0 Å². The summed E-state index contributed by atoms with van der Waals surface area (Å²) in [5, 5.41) is 6.67. The molecule has 1 amide bonds. The number of rotatable bonds is 7. The topological polar surface area (TPSA) is 44.4 Å². The van der Waals surface area contributed by atoms with Crippen molar-refractivity contribution in [2.45, 2.75) is 45.6 Å². The molecule has 2 atom stereocenters. The van der Waals surface area contributed by atoms with Crippen molar-refractivity contribution in [2.24, 2.45) is 11.8 Å². The molecule has 0 aromatic carbocycles. The number of piperidine rings is 1.